The molecule has 2 aromatic rings. The molecule has 100 valence electrons. The monoisotopic (exact) mass is 325 g/mol. The van der Waals surface area contributed by atoms with Gasteiger partial charge < -0.3 is 0 Å². The van der Waals surface area contributed by atoms with E-state index in [2.05, 4.69) is 4.98 Å². The van der Waals surface area contributed by atoms with Crippen LogP contribution in [0.1, 0.15) is 5.56 Å². The zero-order chi connectivity index (χ0) is 14.2. The number of halogens is 6. The molecule has 0 saturated carbocycles. The van der Waals surface area contributed by atoms with Crippen LogP contribution in [0.15, 0.2) is 30.6 Å². The fourth-order valence-corrected chi connectivity index (χ4v) is 2.58. The molecule has 2 rings (SSSR count). The van der Waals surface area contributed by atoms with Gasteiger partial charge in [0.15, 0.2) is 0 Å². The van der Waals surface area contributed by atoms with E-state index in [1.807, 2.05) is 0 Å². The van der Waals surface area contributed by atoms with Gasteiger partial charge in [0.1, 0.15) is 0 Å². The first-order chi connectivity index (χ1) is 8.79. The van der Waals surface area contributed by atoms with Crippen molar-refractivity contribution in [2.24, 2.45) is 0 Å². The maximum atomic E-state index is 12.6. The first-order valence-electron chi connectivity index (χ1n) is 4.96. The first kappa shape index (κ1) is 14.4. The van der Waals surface area contributed by atoms with Crippen molar-refractivity contribution in [2.45, 2.75) is 6.18 Å². The number of alkyl halides is 3. The van der Waals surface area contributed by atoms with Gasteiger partial charge in [-0.1, -0.05) is 34.8 Å². The van der Waals surface area contributed by atoms with Gasteiger partial charge in [-0.2, -0.15) is 13.2 Å². The standard InChI is InChI=1S/C12H5Cl3F3N/c13-8-2-9(14)11(10(15)3-8)6-1-7(5-19-4-6)12(16,17)18/h1-5H. The third-order valence-electron chi connectivity index (χ3n) is 2.36. The Hall–Kier alpha value is -0.970. The highest BCUT2D eigenvalue weighted by molar-refractivity contribution is 6.41. The fraction of sp³-hybridized carbons (Fsp3) is 0.0833. The van der Waals surface area contributed by atoms with Crippen LogP contribution in [-0.2, 0) is 6.18 Å². The summed E-state index contributed by atoms with van der Waals surface area (Å²) in [6.07, 6.45) is -2.48. The van der Waals surface area contributed by atoms with E-state index < -0.39 is 11.7 Å². The third-order valence-corrected chi connectivity index (χ3v) is 3.18. The summed E-state index contributed by atoms with van der Waals surface area (Å²) in [6, 6.07) is 3.75. The van der Waals surface area contributed by atoms with E-state index in [0.29, 0.717) is 5.02 Å². The summed E-state index contributed by atoms with van der Waals surface area (Å²) in [5.74, 6) is 0. The molecule has 1 nitrogen and oxygen atoms in total. The molecule has 7 heteroatoms. The Bertz CT molecular complexity index is 603. The summed E-state index contributed by atoms with van der Waals surface area (Å²) in [6.45, 7) is 0. The van der Waals surface area contributed by atoms with Gasteiger partial charge in [0.05, 0.1) is 15.6 Å². The van der Waals surface area contributed by atoms with Crippen molar-refractivity contribution in [3.63, 3.8) is 0 Å². The quantitative estimate of drug-likeness (QED) is 0.652. The van der Waals surface area contributed by atoms with E-state index >= 15 is 0 Å². The molecule has 0 unspecified atom stereocenters. The molecule has 0 aliphatic rings. The summed E-state index contributed by atoms with van der Waals surface area (Å²) >= 11 is 17.7. The summed E-state index contributed by atoms with van der Waals surface area (Å²) in [5.41, 5.74) is -0.417. The van der Waals surface area contributed by atoms with Crippen molar-refractivity contribution in [1.29, 1.82) is 0 Å². The normalized spacial score (nSPS) is 11.7. The minimum Gasteiger partial charge on any atom is -0.263 e. The van der Waals surface area contributed by atoms with E-state index in [9.17, 15) is 13.2 Å². The fourth-order valence-electron chi connectivity index (χ4n) is 1.55. The van der Waals surface area contributed by atoms with Crippen LogP contribution in [0.5, 0.6) is 0 Å². The van der Waals surface area contributed by atoms with Crippen LogP contribution < -0.4 is 0 Å². The Kier molecular flexibility index (Phi) is 3.95. The van der Waals surface area contributed by atoms with Crippen molar-refractivity contribution in [1.82, 2.24) is 4.98 Å². The van der Waals surface area contributed by atoms with Gasteiger partial charge in [-0.25, -0.2) is 0 Å². The molecule has 19 heavy (non-hydrogen) atoms. The molecule has 0 N–H and O–H groups in total. The molecule has 0 amide bonds. The second-order valence-electron chi connectivity index (χ2n) is 3.70. The molecule has 1 aromatic heterocycles. The maximum Gasteiger partial charge on any atom is 0.417 e. The second kappa shape index (κ2) is 5.19. The molecule has 0 aliphatic heterocycles. The number of aromatic nitrogens is 1. The number of benzene rings is 1. The predicted octanol–water partition coefficient (Wildman–Crippen LogP) is 5.73. The Labute approximate surface area is 121 Å². The van der Waals surface area contributed by atoms with Crippen molar-refractivity contribution < 1.29 is 13.2 Å². The Balaban J connectivity index is 2.60. The highest BCUT2D eigenvalue weighted by Gasteiger charge is 2.31. The van der Waals surface area contributed by atoms with Gasteiger partial charge in [-0.05, 0) is 18.2 Å². The second-order valence-corrected chi connectivity index (χ2v) is 4.96. The topological polar surface area (TPSA) is 12.9 Å². The number of pyridine rings is 1. The minimum absolute atomic E-state index is 0.165. The molecule has 0 spiro atoms. The zero-order valence-corrected chi connectivity index (χ0v) is 11.4. The lowest BCUT2D eigenvalue weighted by Crippen LogP contribution is -2.05. The molecule has 0 bridgehead atoms. The number of nitrogens with zero attached hydrogens (tertiary/aromatic N) is 1. The average Bonchev–Trinajstić information content (AvgIpc) is 2.26. The maximum absolute atomic E-state index is 12.6. The smallest absolute Gasteiger partial charge is 0.263 e. The largest absolute Gasteiger partial charge is 0.417 e. The van der Waals surface area contributed by atoms with Crippen molar-refractivity contribution in [2.75, 3.05) is 0 Å². The van der Waals surface area contributed by atoms with Gasteiger partial charge in [0.2, 0.25) is 0 Å². The lowest BCUT2D eigenvalue weighted by molar-refractivity contribution is -0.137. The van der Waals surface area contributed by atoms with Crippen LogP contribution in [-0.4, -0.2) is 4.98 Å². The molecular weight excluding hydrogens is 321 g/mol. The lowest BCUT2D eigenvalue weighted by atomic mass is 10.1. The molecule has 0 aliphatic carbocycles. The molecule has 0 saturated heterocycles. The van der Waals surface area contributed by atoms with E-state index in [1.54, 1.807) is 0 Å². The summed E-state index contributed by atoms with van der Waals surface area (Å²) in [4.78, 5) is 3.56. The molecule has 0 fully saturated rings. The van der Waals surface area contributed by atoms with E-state index in [4.69, 9.17) is 34.8 Å². The van der Waals surface area contributed by atoms with E-state index in [1.165, 1.54) is 18.3 Å². The highest BCUT2D eigenvalue weighted by atomic mass is 35.5. The van der Waals surface area contributed by atoms with Crippen LogP contribution in [0.2, 0.25) is 15.1 Å². The van der Waals surface area contributed by atoms with Crippen LogP contribution in [0.3, 0.4) is 0 Å². The number of hydrogen-bond acceptors (Lipinski definition) is 1. The highest BCUT2D eigenvalue weighted by Crippen LogP contribution is 2.39. The van der Waals surface area contributed by atoms with Crippen LogP contribution in [0, 0.1) is 0 Å². The lowest BCUT2D eigenvalue weighted by Gasteiger charge is -2.11. The van der Waals surface area contributed by atoms with Gasteiger partial charge in [0.25, 0.3) is 0 Å². The van der Waals surface area contributed by atoms with Gasteiger partial charge >= 0.3 is 6.18 Å². The Morgan fingerprint density at radius 1 is 0.895 bits per heavy atom. The van der Waals surface area contributed by atoms with Crippen molar-refractivity contribution in [3.8, 4) is 11.1 Å². The SMILES string of the molecule is FC(F)(F)c1cncc(-c2c(Cl)cc(Cl)cc2Cl)c1. The molecule has 0 radical (unpaired) electrons. The molecular formula is C12H5Cl3F3N. The summed E-state index contributed by atoms with van der Waals surface area (Å²) in [7, 11) is 0. The third kappa shape index (κ3) is 3.14. The predicted molar refractivity (Wildman–Crippen MR) is 69.7 cm³/mol. The number of rotatable bonds is 1. The summed E-state index contributed by atoms with van der Waals surface area (Å²) in [5, 5.41) is 0.635. The van der Waals surface area contributed by atoms with E-state index in [-0.39, 0.29) is 21.2 Å². The zero-order valence-electron chi connectivity index (χ0n) is 9.10. The van der Waals surface area contributed by atoms with Gasteiger partial charge in [-0.15, -0.1) is 0 Å². The average molecular weight is 327 g/mol. The molecule has 1 heterocycles. The molecule has 1 aromatic carbocycles. The van der Waals surface area contributed by atoms with Crippen LogP contribution in [0.25, 0.3) is 11.1 Å². The van der Waals surface area contributed by atoms with Gasteiger partial charge in [0, 0.05) is 28.5 Å². The van der Waals surface area contributed by atoms with E-state index in [0.717, 1.165) is 12.3 Å². The van der Waals surface area contributed by atoms with Crippen molar-refractivity contribution >= 4 is 34.8 Å². The Morgan fingerprint density at radius 2 is 1.47 bits per heavy atom. The van der Waals surface area contributed by atoms with Gasteiger partial charge in [-0.3, -0.25) is 4.98 Å². The van der Waals surface area contributed by atoms with Crippen LogP contribution >= 0.6 is 34.8 Å². The Morgan fingerprint density at radius 3 is 2.00 bits per heavy atom. The van der Waals surface area contributed by atoms with Crippen LogP contribution in [0.4, 0.5) is 13.2 Å². The summed E-state index contributed by atoms with van der Waals surface area (Å²) < 4.78 is 37.9. The van der Waals surface area contributed by atoms with Crippen molar-refractivity contribution in [3.05, 3.63) is 51.2 Å². The first-order valence-corrected chi connectivity index (χ1v) is 6.09. The number of hydrogen-bond donors (Lipinski definition) is 0. The molecule has 0 atom stereocenters. The minimum atomic E-state index is -4.48.